The molecule has 0 aliphatic rings. The summed E-state index contributed by atoms with van der Waals surface area (Å²) < 4.78 is 4.90. The second kappa shape index (κ2) is 52.0. The number of aliphatic carboxylic acids is 3. The van der Waals surface area contributed by atoms with Crippen LogP contribution in [-0.2, 0) is 19.1 Å². The smallest absolute Gasteiger partial charge is 0.330 e. The van der Waals surface area contributed by atoms with Gasteiger partial charge in [-0.1, -0.05) is 51.0 Å². The molecule has 260 valence electrons. The Kier molecular flexibility index (Phi) is 70.6. The SMILES string of the molecule is C=C(C)C(=O)O.C=C(C)C(=O)O.C=C(C)C(=O)O.C=CC.C=CC.C=CCOCC=C.CCC(CO)(CO)CO.OCCO. The summed E-state index contributed by atoms with van der Waals surface area (Å²) in [5.41, 5.74) is -0.139. The van der Waals surface area contributed by atoms with Crippen LogP contribution in [0.4, 0.5) is 0 Å². The average Bonchev–Trinajstić information content (AvgIpc) is 2.97. The van der Waals surface area contributed by atoms with E-state index in [1.807, 2.05) is 20.8 Å². The molecule has 0 aliphatic carbocycles. The number of allylic oxidation sites excluding steroid dienone is 2. The van der Waals surface area contributed by atoms with Gasteiger partial charge in [0.2, 0.25) is 0 Å². The third-order valence-corrected chi connectivity index (χ3v) is 3.42. The highest BCUT2D eigenvalue weighted by atomic mass is 16.5. The quantitative estimate of drug-likeness (QED) is 0.0864. The van der Waals surface area contributed by atoms with Gasteiger partial charge in [-0.15, -0.1) is 26.3 Å². The fourth-order valence-corrected chi connectivity index (χ4v) is 0.720. The zero-order chi connectivity index (χ0) is 37.2. The Hall–Kier alpha value is -3.65. The second-order valence-corrected chi connectivity index (χ2v) is 7.96. The Morgan fingerprint density at radius 1 is 0.614 bits per heavy atom. The molecular weight excluding hydrogens is 576 g/mol. The van der Waals surface area contributed by atoms with Gasteiger partial charge in [0.1, 0.15) is 0 Å². The first-order chi connectivity index (χ1) is 20.3. The van der Waals surface area contributed by atoms with Crippen molar-refractivity contribution in [3.8, 4) is 0 Å². The Balaban J connectivity index is -0.0000000575. The molecule has 0 saturated heterocycles. The lowest BCUT2D eigenvalue weighted by molar-refractivity contribution is -0.133. The molecule has 0 saturated carbocycles. The summed E-state index contributed by atoms with van der Waals surface area (Å²) in [5, 5.41) is 64.9. The van der Waals surface area contributed by atoms with Gasteiger partial charge in [0.15, 0.2) is 0 Å². The molecule has 0 radical (unpaired) electrons. The van der Waals surface area contributed by atoms with Crippen molar-refractivity contribution >= 4 is 17.9 Å². The van der Waals surface area contributed by atoms with Crippen LogP contribution in [0.2, 0.25) is 0 Å². The number of carboxylic acids is 3. The molecule has 0 aromatic heterocycles. The van der Waals surface area contributed by atoms with Gasteiger partial charge in [0.05, 0.1) is 46.2 Å². The van der Waals surface area contributed by atoms with E-state index in [4.69, 9.17) is 45.6 Å². The number of aliphatic hydroxyl groups is 5. The van der Waals surface area contributed by atoms with E-state index in [2.05, 4.69) is 46.1 Å². The van der Waals surface area contributed by atoms with Crippen LogP contribution in [0.15, 0.2) is 87.1 Å². The van der Waals surface area contributed by atoms with Crippen molar-refractivity contribution in [2.45, 2.75) is 48.0 Å². The van der Waals surface area contributed by atoms with Gasteiger partial charge in [0, 0.05) is 22.1 Å². The number of hydrogen-bond donors (Lipinski definition) is 8. The first kappa shape index (κ1) is 59.7. The van der Waals surface area contributed by atoms with E-state index in [0.29, 0.717) is 19.6 Å². The monoisotopic (exact) mass is 636 g/mol. The lowest BCUT2D eigenvalue weighted by atomic mass is 9.88. The van der Waals surface area contributed by atoms with Gasteiger partial charge in [-0.05, 0) is 41.0 Å². The van der Waals surface area contributed by atoms with Crippen molar-refractivity contribution in [3.63, 3.8) is 0 Å². The minimum absolute atomic E-state index is 0.125. The molecule has 0 spiro atoms. The van der Waals surface area contributed by atoms with E-state index >= 15 is 0 Å². The van der Waals surface area contributed by atoms with Crippen molar-refractivity contribution in [2.24, 2.45) is 5.41 Å². The molecule has 12 nitrogen and oxygen atoms in total. The average molecular weight is 637 g/mol. The van der Waals surface area contributed by atoms with Gasteiger partial charge in [0.25, 0.3) is 0 Å². The van der Waals surface area contributed by atoms with Crippen LogP contribution in [0.3, 0.4) is 0 Å². The minimum atomic E-state index is -0.935. The van der Waals surface area contributed by atoms with E-state index in [0.717, 1.165) is 0 Å². The summed E-state index contributed by atoms with van der Waals surface area (Å²) in [6.07, 6.45) is 7.52. The van der Waals surface area contributed by atoms with Crippen LogP contribution in [0.5, 0.6) is 0 Å². The zero-order valence-corrected chi connectivity index (χ0v) is 27.6. The number of rotatable bonds is 12. The first-order valence-electron chi connectivity index (χ1n) is 13.0. The fraction of sp³-hybridized carbons (Fsp3) is 0.469. The first-order valence-corrected chi connectivity index (χ1v) is 13.0. The Bertz CT molecular complexity index is 626. The molecule has 0 heterocycles. The Labute approximate surface area is 264 Å². The summed E-state index contributed by atoms with van der Waals surface area (Å²) in [6, 6.07) is 0. The van der Waals surface area contributed by atoms with Gasteiger partial charge < -0.3 is 45.6 Å². The predicted octanol–water partition coefficient (Wildman–Crippen LogP) is 4.03. The molecule has 12 heteroatoms. The highest BCUT2D eigenvalue weighted by Gasteiger charge is 2.24. The zero-order valence-electron chi connectivity index (χ0n) is 27.6. The molecule has 0 fully saturated rings. The Morgan fingerprint density at radius 3 is 0.841 bits per heavy atom. The maximum Gasteiger partial charge on any atom is 0.330 e. The number of carboxylic acid groups (broad SMARTS) is 3. The standard InChI is InChI=1S/C6H14O3.C6H10O.3C4H6O2.2C3H6.C2H6O2/c1-2-6(3-7,4-8)5-9;1-3-5-7-6-4-2;3*1-3(2)4(5)6;2*1-3-2;3-1-2-4/h7-9H,2-5H2,1H3;3-4H,1-2,5-6H2;3*1H2,2H3,(H,5,6);2*3H,1H2,2H3;3-4H,1-2H2. The molecule has 0 rings (SSSR count). The van der Waals surface area contributed by atoms with Crippen molar-refractivity contribution in [1.82, 2.24) is 0 Å². The highest BCUT2D eigenvalue weighted by molar-refractivity contribution is 5.85. The van der Waals surface area contributed by atoms with Crippen LogP contribution in [0.25, 0.3) is 0 Å². The van der Waals surface area contributed by atoms with Gasteiger partial charge in [-0.2, -0.15) is 0 Å². The number of hydrogen-bond acceptors (Lipinski definition) is 9. The van der Waals surface area contributed by atoms with Gasteiger partial charge in [-0.25, -0.2) is 14.4 Å². The molecule has 0 amide bonds. The van der Waals surface area contributed by atoms with E-state index < -0.39 is 23.3 Å². The third kappa shape index (κ3) is 83.3. The molecule has 44 heavy (non-hydrogen) atoms. The van der Waals surface area contributed by atoms with Crippen LogP contribution in [-0.4, -0.2) is 105 Å². The number of carbonyl (C=O) groups is 3. The summed E-state index contributed by atoms with van der Waals surface area (Å²) in [6.45, 7) is 33.6. The highest BCUT2D eigenvalue weighted by Crippen LogP contribution is 2.18. The van der Waals surface area contributed by atoms with Crippen molar-refractivity contribution in [3.05, 3.63) is 87.1 Å². The van der Waals surface area contributed by atoms with Crippen molar-refractivity contribution < 1.29 is 60.0 Å². The van der Waals surface area contributed by atoms with Gasteiger partial charge in [-0.3, -0.25) is 0 Å². The molecule has 0 unspecified atom stereocenters. The summed E-state index contributed by atoms with van der Waals surface area (Å²) >= 11 is 0. The van der Waals surface area contributed by atoms with Crippen molar-refractivity contribution in [1.29, 1.82) is 0 Å². The molecule has 0 bridgehead atoms. The molecule has 0 aromatic rings. The van der Waals surface area contributed by atoms with Crippen LogP contribution >= 0.6 is 0 Å². The van der Waals surface area contributed by atoms with E-state index in [1.54, 1.807) is 24.3 Å². The maximum absolute atomic E-state index is 9.60. The normalized spacial score (nSPS) is 8.07. The molecule has 8 N–H and O–H groups in total. The lowest BCUT2D eigenvalue weighted by Crippen LogP contribution is -2.32. The molecule has 0 aliphatic heterocycles. The topological polar surface area (TPSA) is 222 Å². The largest absolute Gasteiger partial charge is 0.478 e. The fourth-order valence-electron chi connectivity index (χ4n) is 0.720. The van der Waals surface area contributed by atoms with Gasteiger partial charge >= 0.3 is 17.9 Å². The summed E-state index contributed by atoms with van der Waals surface area (Å²) in [7, 11) is 0. The van der Waals surface area contributed by atoms with E-state index in [1.165, 1.54) is 20.8 Å². The second-order valence-electron chi connectivity index (χ2n) is 7.96. The summed E-state index contributed by atoms with van der Waals surface area (Å²) in [4.78, 5) is 28.8. The lowest BCUT2D eigenvalue weighted by Gasteiger charge is -2.24. The minimum Gasteiger partial charge on any atom is -0.478 e. The summed E-state index contributed by atoms with van der Waals surface area (Å²) in [5.74, 6) is -2.81. The van der Waals surface area contributed by atoms with E-state index in [-0.39, 0.29) is 49.8 Å². The Morgan fingerprint density at radius 2 is 0.795 bits per heavy atom. The van der Waals surface area contributed by atoms with Crippen LogP contribution < -0.4 is 0 Å². The third-order valence-electron chi connectivity index (χ3n) is 3.42. The molecular formula is C32H60O12. The number of aliphatic hydroxyl groups excluding tert-OH is 5. The predicted molar refractivity (Wildman–Crippen MR) is 178 cm³/mol. The molecule has 0 aromatic carbocycles. The number of ether oxygens (including phenoxy) is 1. The maximum atomic E-state index is 9.60. The van der Waals surface area contributed by atoms with Crippen LogP contribution in [0.1, 0.15) is 48.0 Å². The molecule has 0 atom stereocenters. The van der Waals surface area contributed by atoms with Crippen molar-refractivity contribution in [2.75, 3.05) is 46.2 Å². The van der Waals surface area contributed by atoms with Crippen LogP contribution in [0, 0.1) is 5.41 Å². The van der Waals surface area contributed by atoms with E-state index in [9.17, 15) is 14.4 Å².